The van der Waals surface area contributed by atoms with Gasteiger partial charge in [-0.25, -0.2) is 9.50 Å². The number of aromatic nitrogens is 3. The highest BCUT2D eigenvalue weighted by Gasteiger charge is 2.14. The Bertz CT molecular complexity index is 1050. The lowest BCUT2D eigenvalue weighted by Gasteiger charge is -2.09. The summed E-state index contributed by atoms with van der Waals surface area (Å²) in [5.74, 6) is -0.607. The van der Waals surface area contributed by atoms with Gasteiger partial charge in [0.2, 0.25) is 5.91 Å². The molecular formula is C19H20N4O5. The van der Waals surface area contributed by atoms with Crippen LogP contribution in [-0.2, 0) is 16.0 Å². The zero-order chi connectivity index (χ0) is 20.1. The summed E-state index contributed by atoms with van der Waals surface area (Å²) in [7, 11) is 0. The van der Waals surface area contributed by atoms with E-state index in [4.69, 9.17) is 9.84 Å². The molecule has 1 amide bonds. The van der Waals surface area contributed by atoms with Crippen molar-refractivity contribution in [1.82, 2.24) is 14.6 Å². The Morgan fingerprint density at radius 1 is 1.25 bits per heavy atom. The minimum atomic E-state index is -0.859. The van der Waals surface area contributed by atoms with Crippen molar-refractivity contribution in [1.29, 1.82) is 0 Å². The highest BCUT2D eigenvalue weighted by atomic mass is 16.5. The topological polar surface area (TPSA) is 126 Å². The Kier molecular flexibility index (Phi) is 5.73. The van der Waals surface area contributed by atoms with Gasteiger partial charge in [-0.15, -0.1) is 0 Å². The second kappa shape index (κ2) is 8.38. The van der Waals surface area contributed by atoms with Crippen LogP contribution in [-0.4, -0.2) is 38.2 Å². The van der Waals surface area contributed by atoms with E-state index in [1.54, 1.807) is 43.5 Å². The SMILES string of the molecule is Cc1nc2cc[nH]n2c(=O)c1CC(=O)Nc1ccc(OCCCC(=O)O)cc1. The molecule has 0 fully saturated rings. The van der Waals surface area contributed by atoms with Crippen molar-refractivity contribution >= 4 is 23.2 Å². The number of hydrogen-bond donors (Lipinski definition) is 3. The van der Waals surface area contributed by atoms with Crippen LogP contribution in [0.5, 0.6) is 5.75 Å². The number of carboxylic acid groups (broad SMARTS) is 1. The molecule has 0 bridgehead atoms. The fourth-order valence-corrected chi connectivity index (χ4v) is 2.72. The lowest BCUT2D eigenvalue weighted by Crippen LogP contribution is -2.26. The average molecular weight is 384 g/mol. The zero-order valence-electron chi connectivity index (χ0n) is 15.3. The van der Waals surface area contributed by atoms with Gasteiger partial charge in [-0.1, -0.05) is 0 Å². The molecule has 0 radical (unpaired) electrons. The number of aromatic amines is 1. The molecule has 146 valence electrons. The van der Waals surface area contributed by atoms with Crippen molar-refractivity contribution in [3.05, 3.63) is 58.1 Å². The predicted octanol–water partition coefficient (Wildman–Crippen LogP) is 1.76. The van der Waals surface area contributed by atoms with Gasteiger partial charge in [0.05, 0.1) is 13.0 Å². The Morgan fingerprint density at radius 3 is 2.71 bits per heavy atom. The van der Waals surface area contributed by atoms with Crippen LogP contribution in [0.2, 0.25) is 0 Å². The Hall–Kier alpha value is -3.62. The average Bonchev–Trinajstić information content (AvgIpc) is 3.12. The smallest absolute Gasteiger partial charge is 0.303 e. The lowest BCUT2D eigenvalue weighted by atomic mass is 10.1. The molecule has 0 saturated heterocycles. The number of hydrogen-bond acceptors (Lipinski definition) is 5. The summed E-state index contributed by atoms with van der Waals surface area (Å²) < 4.78 is 6.74. The van der Waals surface area contributed by atoms with Crippen LogP contribution < -0.4 is 15.6 Å². The van der Waals surface area contributed by atoms with Gasteiger partial charge in [0, 0.05) is 35.6 Å². The highest BCUT2D eigenvalue weighted by Crippen LogP contribution is 2.16. The number of aliphatic carboxylic acids is 1. The molecule has 3 N–H and O–H groups in total. The Balaban J connectivity index is 1.59. The van der Waals surface area contributed by atoms with E-state index in [0.717, 1.165) is 0 Å². The quantitative estimate of drug-likeness (QED) is 0.508. The number of H-pyrrole nitrogens is 1. The number of benzene rings is 1. The molecule has 3 rings (SSSR count). The monoisotopic (exact) mass is 384 g/mol. The fourth-order valence-electron chi connectivity index (χ4n) is 2.72. The first-order valence-corrected chi connectivity index (χ1v) is 8.74. The lowest BCUT2D eigenvalue weighted by molar-refractivity contribution is -0.137. The van der Waals surface area contributed by atoms with E-state index in [-0.39, 0.29) is 24.3 Å². The highest BCUT2D eigenvalue weighted by molar-refractivity contribution is 5.92. The van der Waals surface area contributed by atoms with Gasteiger partial charge >= 0.3 is 5.97 Å². The number of aryl methyl sites for hydroxylation is 1. The predicted molar refractivity (Wildman–Crippen MR) is 102 cm³/mol. The van der Waals surface area contributed by atoms with E-state index >= 15 is 0 Å². The number of anilines is 1. The normalized spacial score (nSPS) is 10.8. The fraction of sp³-hybridized carbons (Fsp3) is 0.263. The third kappa shape index (κ3) is 4.56. The van der Waals surface area contributed by atoms with Gasteiger partial charge in [-0.05, 0) is 37.6 Å². The number of rotatable bonds is 8. The Morgan fingerprint density at radius 2 is 2.00 bits per heavy atom. The summed E-state index contributed by atoms with van der Waals surface area (Å²) in [5.41, 5.74) is 1.62. The van der Waals surface area contributed by atoms with Gasteiger partial charge in [-0.2, -0.15) is 0 Å². The van der Waals surface area contributed by atoms with Crippen LogP contribution in [0.15, 0.2) is 41.3 Å². The van der Waals surface area contributed by atoms with E-state index < -0.39 is 5.97 Å². The van der Waals surface area contributed by atoms with E-state index in [1.165, 1.54) is 4.52 Å². The molecule has 0 unspecified atom stereocenters. The van der Waals surface area contributed by atoms with Crippen molar-refractivity contribution in [3.63, 3.8) is 0 Å². The summed E-state index contributed by atoms with van der Waals surface area (Å²) in [5, 5.41) is 14.1. The molecule has 2 aromatic heterocycles. The second-order valence-electron chi connectivity index (χ2n) is 6.23. The minimum Gasteiger partial charge on any atom is -0.494 e. The van der Waals surface area contributed by atoms with Gasteiger partial charge in [0.1, 0.15) is 5.75 Å². The summed E-state index contributed by atoms with van der Waals surface area (Å²) in [6.45, 7) is 2.00. The second-order valence-corrected chi connectivity index (χ2v) is 6.23. The molecule has 0 spiro atoms. The van der Waals surface area contributed by atoms with Crippen LogP contribution in [0.25, 0.3) is 5.65 Å². The molecule has 0 atom stereocenters. The van der Waals surface area contributed by atoms with Crippen molar-refractivity contribution in [2.75, 3.05) is 11.9 Å². The Labute approximate surface area is 160 Å². The number of ether oxygens (including phenoxy) is 1. The number of amides is 1. The van der Waals surface area contributed by atoms with Crippen LogP contribution in [0.4, 0.5) is 5.69 Å². The maximum absolute atomic E-state index is 12.5. The van der Waals surface area contributed by atoms with E-state index in [2.05, 4.69) is 15.4 Å². The molecule has 9 heteroatoms. The van der Waals surface area contributed by atoms with Crippen molar-refractivity contribution in [3.8, 4) is 5.75 Å². The number of carboxylic acids is 1. The number of carbonyl (C=O) groups is 2. The molecule has 0 aliphatic rings. The largest absolute Gasteiger partial charge is 0.494 e. The maximum atomic E-state index is 12.5. The number of fused-ring (bicyclic) bond motifs is 1. The van der Waals surface area contributed by atoms with E-state index in [0.29, 0.717) is 41.4 Å². The van der Waals surface area contributed by atoms with Crippen molar-refractivity contribution in [2.45, 2.75) is 26.2 Å². The standard InChI is InChI=1S/C19H20N4O5/c1-12-15(19(27)23-16(21-12)8-9-20-23)11-17(24)22-13-4-6-14(7-5-13)28-10-2-3-18(25)26/h4-9,20H,2-3,10-11H2,1H3,(H,22,24)(H,25,26). The van der Waals surface area contributed by atoms with Crippen LogP contribution in [0, 0.1) is 6.92 Å². The molecule has 2 heterocycles. The van der Waals surface area contributed by atoms with Crippen LogP contribution >= 0.6 is 0 Å². The number of nitrogens with one attached hydrogen (secondary N) is 2. The van der Waals surface area contributed by atoms with Gasteiger partial charge < -0.3 is 15.2 Å². The molecule has 28 heavy (non-hydrogen) atoms. The molecule has 3 aromatic rings. The number of nitrogens with zero attached hydrogens (tertiary/aromatic N) is 2. The summed E-state index contributed by atoms with van der Waals surface area (Å²) in [6, 6.07) is 8.41. The molecular weight excluding hydrogens is 364 g/mol. The minimum absolute atomic E-state index is 0.0523. The van der Waals surface area contributed by atoms with Crippen LogP contribution in [0.1, 0.15) is 24.1 Å². The first-order valence-electron chi connectivity index (χ1n) is 8.74. The molecule has 0 aliphatic carbocycles. The first-order chi connectivity index (χ1) is 13.4. The van der Waals surface area contributed by atoms with Gasteiger partial charge in [-0.3, -0.25) is 19.5 Å². The van der Waals surface area contributed by atoms with Crippen LogP contribution in [0.3, 0.4) is 0 Å². The zero-order valence-corrected chi connectivity index (χ0v) is 15.3. The summed E-state index contributed by atoms with van der Waals surface area (Å²) in [4.78, 5) is 39.6. The maximum Gasteiger partial charge on any atom is 0.303 e. The molecule has 0 saturated carbocycles. The van der Waals surface area contributed by atoms with Crippen molar-refractivity contribution < 1.29 is 19.4 Å². The summed E-state index contributed by atoms with van der Waals surface area (Å²) in [6.07, 6.45) is 1.99. The third-order valence-electron chi connectivity index (χ3n) is 4.12. The molecule has 0 aliphatic heterocycles. The molecule has 1 aromatic carbocycles. The van der Waals surface area contributed by atoms with Crippen molar-refractivity contribution in [2.24, 2.45) is 0 Å². The van der Waals surface area contributed by atoms with E-state index in [9.17, 15) is 14.4 Å². The van der Waals surface area contributed by atoms with E-state index in [1.807, 2.05) is 0 Å². The third-order valence-corrected chi connectivity index (χ3v) is 4.12. The number of carbonyl (C=O) groups excluding carboxylic acids is 1. The summed E-state index contributed by atoms with van der Waals surface area (Å²) >= 11 is 0. The first kappa shape index (κ1) is 19.2. The molecule has 9 nitrogen and oxygen atoms in total. The van der Waals surface area contributed by atoms with Gasteiger partial charge in [0.25, 0.3) is 5.56 Å². The van der Waals surface area contributed by atoms with Gasteiger partial charge in [0.15, 0.2) is 5.65 Å².